The third kappa shape index (κ3) is 4.43. The molecule has 1 N–H and O–H groups in total. The number of rotatable bonds is 5. The minimum absolute atomic E-state index is 0.129. The zero-order valence-electron chi connectivity index (χ0n) is 15.9. The Morgan fingerprint density at radius 3 is 2.88 bits per heavy atom. The highest BCUT2D eigenvalue weighted by molar-refractivity contribution is 6.04. The Kier molecular flexibility index (Phi) is 5.32. The molecule has 1 amide bonds. The van der Waals surface area contributed by atoms with Gasteiger partial charge in [0.05, 0.1) is 29.1 Å². The van der Waals surface area contributed by atoms with E-state index < -0.39 is 0 Å². The minimum Gasteiger partial charge on any atom is -0.489 e. The second-order valence-corrected chi connectivity index (χ2v) is 7.74. The van der Waals surface area contributed by atoms with E-state index in [2.05, 4.69) is 10.4 Å². The molecule has 1 fully saturated rings. The number of anilines is 1. The molecule has 0 aliphatic carbocycles. The number of aryl methyl sites for hydroxylation is 1. The first-order valence-corrected chi connectivity index (χ1v) is 9.04. The van der Waals surface area contributed by atoms with Crippen LogP contribution in [-0.2, 0) is 10.3 Å². The fourth-order valence-electron chi connectivity index (χ4n) is 2.81. The van der Waals surface area contributed by atoms with E-state index in [4.69, 9.17) is 9.47 Å². The Morgan fingerprint density at radius 2 is 2.23 bits per heavy atom. The molecule has 6 heteroatoms. The van der Waals surface area contributed by atoms with Crippen LogP contribution in [0, 0.1) is 6.92 Å². The number of benzene rings is 1. The summed E-state index contributed by atoms with van der Waals surface area (Å²) in [6.07, 6.45) is 5.56. The van der Waals surface area contributed by atoms with E-state index in [1.54, 1.807) is 17.1 Å². The van der Waals surface area contributed by atoms with Gasteiger partial charge in [-0.3, -0.25) is 9.48 Å². The van der Waals surface area contributed by atoms with Crippen molar-refractivity contribution in [3.63, 3.8) is 0 Å². The van der Waals surface area contributed by atoms with Crippen molar-refractivity contribution in [1.29, 1.82) is 0 Å². The second kappa shape index (κ2) is 7.50. The normalized spacial score (nSPS) is 17.3. The summed E-state index contributed by atoms with van der Waals surface area (Å²) in [6, 6.07) is 5.75. The van der Waals surface area contributed by atoms with Crippen LogP contribution in [0.4, 0.5) is 5.69 Å². The maximum absolute atomic E-state index is 12.6. The van der Waals surface area contributed by atoms with Crippen LogP contribution in [-0.4, -0.2) is 35.0 Å². The van der Waals surface area contributed by atoms with Crippen LogP contribution in [0.15, 0.2) is 30.6 Å². The molecule has 1 aromatic carbocycles. The van der Waals surface area contributed by atoms with Crippen molar-refractivity contribution < 1.29 is 14.3 Å². The van der Waals surface area contributed by atoms with E-state index in [1.807, 2.05) is 45.9 Å². The molecule has 3 rings (SSSR count). The molecule has 0 saturated carbocycles. The van der Waals surface area contributed by atoms with Crippen molar-refractivity contribution in [3.05, 3.63) is 41.7 Å². The number of hydrogen-bond donors (Lipinski definition) is 1. The minimum atomic E-state index is -0.202. The van der Waals surface area contributed by atoms with Crippen molar-refractivity contribution in [3.8, 4) is 5.75 Å². The van der Waals surface area contributed by atoms with Gasteiger partial charge in [-0.15, -0.1) is 0 Å². The predicted molar refractivity (Wildman–Crippen MR) is 101 cm³/mol. The highest BCUT2D eigenvalue weighted by atomic mass is 16.5. The van der Waals surface area contributed by atoms with Gasteiger partial charge in [0.25, 0.3) is 5.91 Å². The van der Waals surface area contributed by atoms with Gasteiger partial charge in [-0.2, -0.15) is 5.10 Å². The molecule has 0 spiro atoms. The quantitative estimate of drug-likeness (QED) is 0.885. The molecule has 0 radical (unpaired) electrons. The topological polar surface area (TPSA) is 65.4 Å². The monoisotopic (exact) mass is 357 g/mol. The fourth-order valence-corrected chi connectivity index (χ4v) is 2.81. The van der Waals surface area contributed by atoms with Gasteiger partial charge in [0.1, 0.15) is 12.4 Å². The summed E-state index contributed by atoms with van der Waals surface area (Å²) in [5, 5.41) is 7.22. The summed E-state index contributed by atoms with van der Waals surface area (Å²) >= 11 is 0. The molecule has 1 aliphatic heterocycles. The van der Waals surface area contributed by atoms with Crippen LogP contribution in [0.1, 0.15) is 49.5 Å². The van der Waals surface area contributed by atoms with Crippen molar-refractivity contribution in [2.45, 2.75) is 52.2 Å². The van der Waals surface area contributed by atoms with E-state index in [1.165, 1.54) is 0 Å². The van der Waals surface area contributed by atoms with Crippen LogP contribution in [0.5, 0.6) is 5.75 Å². The average Bonchev–Trinajstić information content (AvgIpc) is 3.26. The number of carbonyl (C=O) groups excluding carboxylic acids is 1. The zero-order valence-corrected chi connectivity index (χ0v) is 15.9. The van der Waals surface area contributed by atoms with E-state index >= 15 is 0 Å². The van der Waals surface area contributed by atoms with E-state index in [9.17, 15) is 4.79 Å². The lowest BCUT2D eigenvalue weighted by Crippen LogP contribution is -2.22. The summed E-state index contributed by atoms with van der Waals surface area (Å²) < 4.78 is 13.3. The summed E-state index contributed by atoms with van der Waals surface area (Å²) in [6.45, 7) is 9.41. The van der Waals surface area contributed by atoms with Crippen molar-refractivity contribution in [2.24, 2.45) is 0 Å². The Morgan fingerprint density at radius 1 is 1.42 bits per heavy atom. The molecular formula is C20H27N3O3. The summed E-state index contributed by atoms with van der Waals surface area (Å²) in [4.78, 5) is 12.6. The van der Waals surface area contributed by atoms with Crippen molar-refractivity contribution in [2.75, 3.05) is 18.5 Å². The number of ether oxygens (including phenoxy) is 2. The molecule has 6 nitrogen and oxygen atoms in total. The lowest BCUT2D eigenvalue weighted by Gasteiger charge is -2.18. The molecule has 140 valence electrons. The molecule has 1 aliphatic rings. The number of nitrogens with zero attached hydrogens (tertiary/aromatic N) is 2. The zero-order chi connectivity index (χ0) is 18.7. The molecule has 2 aromatic rings. The van der Waals surface area contributed by atoms with Crippen LogP contribution < -0.4 is 10.1 Å². The summed E-state index contributed by atoms with van der Waals surface area (Å²) in [5.74, 6) is 0.461. The maximum Gasteiger partial charge on any atom is 0.258 e. The van der Waals surface area contributed by atoms with Gasteiger partial charge in [-0.05, 0) is 58.2 Å². The maximum atomic E-state index is 12.6. The second-order valence-electron chi connectivity index (χ2n) is 7.74. The van der Waals surface area contributed by atoms with Crippen molar-refractivity contribution in [1.82, 2.24) is 9.78 Å². The van der Waals surface area contributed by atoms with Gasteiger partial charge in [-0.25, -0.2) is 0 Å². The number of carbonyl (C=O) groups is 1. The lowest BCUT2D eigenvalue weighted by molar-refractivity contribution is 0.0681. The first-order chi connectivity index (χ1) is 12.3. The molecule has 1 aromatic heterocycles. The number of amides is 1. The van der Waals surface area contributed by atoms with Gasteiger partial charge in [-0.1, -0.05) is 6.07 Å². The molecular weight excluding hydrogens is 330 g/mol. The predicted octanol–water partition coefficient (Wildman–Crippen LogP) is 3.76. The standard InChI is InChI=1S/C20H27N3O3/c1-14-7-8-17(18(10-14)26-13-16-6-5-9-25-16)22-19(24)15-11-21-23(12-15)20(2,3)4/h7-8,10-12,16H,5-6,9,13H2,1-4H3,(H,22,24). The third-order valence-corrected chi connectivity index (χ3v) is 4.37. The van der Waals surface area contributed by atoms with Gasteiger partial charge < -0.3 is 14.8 Å². The largest absolute Gasteiger partial charge is 0.489 e. The Hall–Kier alpha value is -2.34. The van der Waals surface area contributed by atoms with Gasteiger partial charge in [0.2, 0.25) is 0 Å². The van der Waals surface area contributed by atoms with Crippen LogP contribution >= 0.6 is 0 Å². The highest BCUT2D eigenvalue weighted by Gasteiger charge is 2.19. The summed E-state index contributed by atoms with van der Waals surface area (Å²) in [5.41, 5.74) is 2.08. The van der Waals surface area contributed by atoms with Gasteiger partial charge in [0.15, 0.2) is 0 Å². The summed E-state index contributed by atoms with van der Waals surface area (Å²) in [7, 11) is 0. The van der Waals surface area contributed by atoms with Gasteiger partial charge >= 0.3 is 0 Å². The van der Waals surface area contributed by atoms with Crippen molar-refractivity contribution >= 4 is 11.6 Å². The van der Waals surface area contributed by atoms with E-state index in [-0.39, 0.29) is 17.6 Å². The van der Waals surface area contributed by atoms with E-state index in [0.717, 1.165) is 25.0 Å². The van der Waals surface area contributed by atoms with Crippen LogP contribution in [0.3, 0.4) is 0 Å². The SMILES string of the molecule is Cc1ccc(NC(=O)c2cnn(C(C)(C)C)c2)c(OCC2CCCO2)c1. The third-order valence-electron chi connectivity index (χ3n) is 4.37. The van der Waals surface area contributed by atoms with Crippen LogP contribution in [0.2, 0.25) is 0 Å². The van der Waals surface area contributed by atoms with Crippen LogP contribution in [0.25, 0.3) is 0 Å². The molecule has 1 unspecified atom stereocenters. The highest BCUT2D eigenvalue weighted by Crippen LogP contribution is 2.27. The number of hydrogen-bond acceptors (Lipinski definition) is 4. The Labute approximate surface area is 154 Å². The Bertz CT molecular complexity index is 771. The first kappa shape index (κ1) is 18.5. The lowest BCUT2D eigenvalue weighted by atomic mass is 10.1. The fraction of sp³-hybridized carbons (Fsp3) is 0.500. The molecule has 2 heterocycles. The average molecular weight is 357 g/mol. The Balaban J connectivity index is 1.71. The molecule has 1 saturated heterocycles. The molecule has 26 heavy (non-hydrogen) atoms. The first-order valence-electron chi connectivity index (χ1n) is 9.04. The van der Waals surface area contributed by atoms with E-state index in [0.29, 0.717) is 23.6 Å². The molecule has 1 atom stereocenters. The molecule has 0 bridgehead atoms. The smallest absolute Gasteiger partial charge is 0.258 e. The van der Waals surface area contributed by atoms with Gasteiger partial charge in [0, 0.05) is 12.8 Å². The number of aromatic nitrogens is 2. The number of nitrogens with one attached hydrogen (secondary N) is 1.